The first-order chi connectivity index (χ1) is 12.1. The zero-order chi connectivity index (χ0) is 19.1. The maximum Gasteiger partial charge on any atom is 0.161 e. The van der Waals surface area contributed by atoms with Gasteiger partial charge in [-0.25, -0.2) is 22.1 Å². The number of nitrogens with one attached hydrogen (secondary N) is 2. The first-order valence-corrected chi connectivity index (χ1v) is 10.4. The third-order valence-corrected chi connectivity index (χ3v) is 7.05. The highest BCUT2D eigenvalue weighted by molar-refractivity contribution is 7.84. The molecule has 2 saturated heterocycles. The average Bonchev–Trinajstić information content (AvgIpc) is 2.88. The van der Waals surface area contributed by atoms with Gasteiger partial charge < -0.3 is 5.32 Å². The summed E-state index contributed by atoms with van der Waals surface area (Å²) in [6.07, 6.45) is 4.27. The number of piperidine rings is 1. The fourth-order valence-corrected chi connectivity index (χ4v) is 4.91. The molecule has 3 unspecified atom stereocenters. The number of hydrogen-bond acceptors (Lipinski definition) is 2. The Bertz CT molecular complexity index is 680. The lowest BCUT2D eigenvalue weighted by molar-refractivity contribution is 0.249. The van der Waals surface area contributed by atoms with Crippen LogP contribution in [0.4, 0.5) is 13.2 Å². The molecule has 146 valence electrons. The highest BCUT2D eigenvalue weighted by Gasteiger charge is 2.38. The molecule has 2 bridgehead atoms. The van der Waals surface area contributed by atoms with Crippen LogP contribution in [0.15, 0.2) is 12.1 Å². The van der Waals surface area contributed by atoms with E-state index in [2.05, 4.69) is 10.0 Å². The van der Waals surface area contributed by atoms with Crippen molar-refractivity contribution in [2.75, 3.05) is 0 Å². The zero-order valence-electron chi connectivity index (χ0n) is 15.5. The van der Waals surface area contributed by atoms with Crippen molar-refractivity contribution in [2.45, 2.75) is 75.7 Å². The minimum Gasteiger partial charge on any atom is -0.311 e. The quantitative estimate of drug-likeness (QED) is 0.757. The zero-order valence-corrected chi connectivity index (χ0v) is 16.3. The number of rotatable bonds is 5. The van der Waals surface area contributed by atoms with Gasteiger partial charge in [0.25, 0.3) is 0 Å². The van der Waals surface area contributed by atoms with E-state index in [4.69, 9.17) is 0 Å². The standard InChI is InChI=1S/C19H27F3N2OS/c1-19(2,3)26(25)24-18(12-6-13-4-5-14(7-12)23-13)9-11-8-16(21)17(22)10-15(11)20/h8,10,12-14,18,23-24H,4-7,9H2,1-3H3/t12?,13?,14?,18-,26?/m1/s1. The second kappa shape index (κ2) is 7.60. The Labute approximate surface area is 155 Å². The fourth-order valence-electron chi connectivity index (χ4n) is 4.01. The Hall–Kier alpha value is -0.920. The fraction of sp³-hybridized carbons (Fsp3) is 0.684. The summed E-state index contributed by atoms with van der Waals surface area (Å²) in [5.41, 5.74) is 0.123. The van der Waals surface area contributed by atoms with Crippen LogP contribution in [0.5, 0.6) is 0 Å². The largest absolute Gasteiger partial charge is 0.311 e. The molecule has 7 heteroatoms. The lowest BCUT2D eigenvalue weighted by Gasteiger charge is -2.36. The molecule has 2 fully saturated rings. The number of hydrogen-bond donors (Lipinski definition) is 2. The van der Waals surface area contributed by atoms with Gasteiger partial charge in [0.05, 0.1) is 15.7 Å². The monoisotopic (exact) mass is 388 g/mol. The van der Waals surface area contributed by atoms with Crippen molar-refractivity contribution in [1.82, 2.24) is 10.0 Å². The van der Waals surface area contributed by atoms with E-state index in [1.54, 1.807) is 0 Å². The summed E-state index contributed by atoms with van der Waals surface area (Å²) in [7, 11) is -1.32. The summed E-state index contributed by atoms with van der Waals surface area (Å²) in [4.78, 5) is 0. The summed E-state index contributed by atoms with van der Waals surface area (Å²) in [6, 6.07) is 2.13. The van der Waals surface area contributed by atoms with Crippen LogP contribution in [0.1, 0.15) is 52.0 Å². The van der Waals surface area contributed by atoms with Crippen LogP contribution in [0.3, 0.4) is 0 Å². The molecule has 0 amide bonds. The molecule has 0 aromatic heterocycles. The molecule has 4 atom stereocenters. The Morgan fingerprint density at radius 1 is 1.12 bits per heavy atom. The average molecular weight is 388 g/mol. The highest BCUT2D eigenvalue weighted by atomic mass is 32.2. The number of fused-ring (bicyclic) bond motifs is 2. The van der Waals surface area contributed by atoms with Gasteiger partial charge in [-0.1, -0.05) is 0 Å². The van der Waals surface area contributed by atoms with Gasteiger partial charge in [-0.15, -0.1) is 0 Å². The molecule has 26 heavy (non-hydrogen) atoms. The molecular formula is C19H27F3N2OS. The number of halogens is 3. The lowest BCUT2D eigenvalue weighted by atomic mass is 9.83. The van der Waals surface area contributed by atoms with Crippen LogP contribution < -0.4 is 10.0 Å². The predicted molar refractivity (Wildman–Crippen MR) is 97.5 cm³/mol. The summed E-state index contributed by atoms with van der Waals surface area (Å²) in [5.74, 6) is -2.78. The molecule has 2 aliphatic heterocycles. The van der Waals surface area contributed by atoms with E-state index in [1.165, 1.54) is 0 Å². The van der Waals surface area contributed by atoms with E-state index in [0.29, 0.717) is 18.2 Å². The number of benzene rings is 1. The van der Waals surface area contributed by atoms with Gasteiger partial charge in [-0.05, 0) is 70.4 Å². The van der Waals surface area contributed by atoms with E-state index < -0.39 is 33.2 Å². The topological polar surface area (TPSA) is 41.1 Å². The highest BCUT2D eigenvalue weighted by Crippen LogP contribution is 2.34. The Kier molecular flexibility index (Phi) is 5.80. The minimum absolute atomic E-state index is 0.123. The predicted octanol–water partition coefficient (Wildman–Crippen LogP) is 3.60. The Morgan fingerprint density at radius 2 is 1.69 bits per heavy atom. The van der Waals surface area contributed by atoms with E-state index in [-0.39, 0.29) is 23.9 Å². The molecule has 2 aliphatic rings. The molecule has 1 aromatic rings. The van der Waals surface area contributed by atoms with E-state index in [9.17, 15) is 17.4 Å². The third-order valence-electron chi connectivity index (χ3n) is 5.42. The molecule has 0 aliphatic carbocycles. The van der Waals surface area contributed by atoms with Crippen molar-refractivity contribution in [3.05, 3.63) is 35.1 Å². The maximum absolute atomic E-state index is 14.2. The third kappa shape index (κ3) is 4.49. The van der Waals surface area contributed by atoms with E-state index in [1.807, 2.05) is 20.8 Å². The molecule has 3 rings (SSSR count). The smallest absolute Gasteiger partial charge is 0.161 e. The molecule has 0 spiro atoms. The van der Waals surface area contributed by atoms with Crippen molar-refractivity contribution >= 4 is 11.0 Å². The first-order valence-electron chi connectivity index (χ1n) is 9.21. The van der Waals surface area contributed by atoms with Gasteiger partial charge in [0.15, 0.2) is 11.6 Å². The Morgan fingerprint density at radius 3 is 2.27 bits per heavy atom. The van der Waals surface area contributed by atoms with Crippen LogP contribution in [-0.4, -0.2) is 27.1 Å². The van der Waals surface area contributed by atoms with Crippen LogP contribution in [0.2, 0.25) is 0 Å². The van der Waals surface area contributed by atoms with Crippen molar-refractivity contribution in [1.29, 1.82) is 0 Å². The molecular weight excluding hydrogens is 361 g/mol. The second-order valence-electron chi connectivity index (χ2n) is 8.54. The molecule has 1 aromatic carbocycles. The molecule has 2 N–H and O–H groups in total. The summed E-state index contributed by atoms with van der Waals surface area (Å²) in [5, 5.41) is 3.56. The van der Waals surface area contributed by atoms with Crippen LogP contribution in [-0.2, 0) is 17.4 Å². The van der Waals surface area contributed by atoms with Gasteiger partial charge in [0.2, 0.25) is 0 Å². The molecule has 0 saturated carbocycles. The van der Waals surface area contributed by atoms with Gasteiger partial charge >= 0.3 is 0 Å². The van der Waals surface area contributed by atoms with Crippen molar-refractivity contribution < 1.29 is 17.4 Å². The van der Waals surface area contributed by atoms with E-state index >= 15 is 0 Å². The Balaban J connectivity index is 1.83. The van der Waals surface area contributed by atoms with Crippen LogP contribution in [0, 0.1) is 23.4 Å². The lowest BCUT2D eigenvalue weighted by Crippen LogP contribution is -2.50. The van der Waals surface area contributed by atoms with Crippen LogP contribution >= 0.6 is 0 Å². The second-order valence-corrected chi connectivity index (χ2v) is 10.5. The van der Waals surface area contributed by atoms with Gasteiger partial charge in [0, 0.05) is 24.2 Å². The van der Waals surface area contributed by atoms with Crippen molar-refractivity contribution in [3.63, 3.8) is 0 Å². The summed E-state index contributed by atoms with van der Waals surface area (Å²) >= 11 is 0. The van der Waals surface area contributed by atoms with Crippen molar-refractivity contribution in [3.8, 4) is 0 Å². The minimum atomic E-state index is -1.32. The molecule has 0 radical (unpaired) electrons. The summed E-state index contributed by atoms with van der Waals surface area (Å²) in [6.45, 7) is 5.62. The van der Waals surface area contributed by atoms with Crippen LogP contribution in [0.25, 0.3) is 0 Å². The van der Waals surface area contributed by atoms with Gasteiger partial charge in [-0.2, -0.15) is 0 Å². The maximum atomic E-state index is 14.2. The van der Waals surface area contributed by atoms with Gasteiger partial charge in [-0.3, -0.25) is 0 Å². The summed E-state index contributed by atoms with van der Waals surface area (Å²) < 4.78 is 56.4. The van der Waals surface area contributed by atoms with Gasteiger partial charge in [0.1, 0.15) is 5.82 Å². The van der Waals surface area contributed by atoms with E-state index in [0.717, 1.165) is 31.7 Å². The molecule has 2 heterocycles. The van der Waals surface area contributed by atoms with Crippen molar-refractivity contribution in [2.24, 2.45) is 5.92 Å². The normalized spacial score (nSPS) is 28.2. The molecule has 3 nitrogen and oxygen atoms in total. The SMILES string of the molecule is CC(C)(C)S(=O)N[C@H](Cc1cc(F)c(F)cc1F)C1CC2CCC(C1)N2. The first kappa shape index (κ1) is 19.8.